The SMILES string of the molecule is COC1(C(=O)Nc2ncc(C(C)C)s2)CCNCC1.Cl. The fourth-order valence-corrected chi connectivity index (χ4v) is 2.99. The zero-order valence-corrected chi connectivity index (χ0v) is 13.7. The van der Waals surface area contributed by atoms with Gasteiger partial charge in [-0.15, -0.1) is 23.7 Å². The van der Waals surface area contributed by atoms with Crippen LogP contribution in [0.5, 0.6) is 0 Å². The van der Waals surface area contributed by atoms with E-state index in [9.17, 15) is 4.79 Å². The number of hydrogen-bond donors (Lipinski definition) is 2. The van der Waals surface area contributed by atoms with Crippen molar-refractivity contribution in [3.8, 4) is 0 Å². The number of nitrogens with zero attached hydrogens (tertiary/aromatic N) is 1. The lowest BCUT2D eigenvalue weighted by Gasteiger charge is -2.34. The summed E-state index contributed by atoms with van der Waals surface area (Å²) in [7, 11) is 1.60. The molecule has 0 radical (unpaired) electrons. The van der Waals surface area contributed by atoms with Crippen LogP contribution in [0.15, 0.2) is 6.20 Å². The summed E-state index contributed by atoms with van der Waals surface area (Å²) in [6, 6.07) is 0. The molecule has 20 heavy (non-hydrogen) atoms. The number of ether oxygens (including phenoxy) is 1. The molecule has 5 nitrogen and oxygen atoms in total. The van der Waals surface area contributed by atoms with Gasteiger partial charge in [-0.05, 0) is 31.8 Å². The molecular formula is C13H22ClN3O2S. The van der Waals surface area contributed by atoms with Crippen molar-refractivity contribution in [2.75, 3.05) is 25.5 Å². The molecule has 0 atom stereocenters. The van der Waals surface area contributed by atoms with E-state index in [1.54, 1.807) is 7.11 Å². The number of methoxy groups -OCH3 is 1. The fraction of sp³-hybridized carbons (Fsp3) is 0.692. The van der Waals surface area contributed by atoms with Crippen molar-refractivity contribution in [1.29, 1.82) is 0 Å². The summed E-state index contributed by atoms with van der Waals surface area (Å²) in [4.78, 5) is 17.8. The number of carbonyl (C=O) groups is 1. The Morgan fingerprint density at radius 2 is 2.15 bits per heavy atom. The molecule has 0 unspecified atom stereocenters. The number of amides is 1. The third-order valence-corrected chi connectivity index (χ3v) is 4.74. The van der Waals surface area contributed by atoms with E-state index in [0.717, 1.165) is 13.1 Å². The summed E-state index contributed by atoms with van der Waals surface area (Å²) < 4.78 is 5.49. The predicted octanol–water partition coefficient (Wildman–Crippen LogP) is 2.40. The molecule has 1 aromatic rings. The van der Waals surface area contributed by atoms with Gasteiger partial charge < -0.3 is 10.1 Å². The van der Waals surface area contributed by atoms with Crippen molar-refractivity contribution >= 4 is 34.8 Å². The van der Waals surface area contributed by atoms with Crippen LogP contribution in [-0.4, -0.2) is 36.7 Å². The van der Waals surface area contributed by atoms with Crippen LogP contribution >= 0.6 is 23.7 Å². The van der Waals surface area contributed by atoms with Gasteiger partial charge in [0.2, 0.25) is 0 Å². The molecule has 1 aromatic heterocycles. The largest absolute Gasteiger partial charge is 0.368 e. The number of rotatable bonds is 4. The molecule has 0 bridgehead atoms. The lowest BCUT2D eigenvalue weighted by Crippen LogP contribution is -2.51. The normalized spacial score (nSPS) is 17.6. The fourth-order valence-electron chi connectivity index (χ4n) is 2.18. The molecule has 7 heteroatoms. The Labute approximate surface area is 129 Å². The van der Waals surface area contributed by atoms with Crippen molar-refractivity contribution in [2.24, 2.45) is 0 Å². The van der Waals surface area contributed by atoms with E-state index < -0.39 is 5.60 Å². The number of anilines is 1. The highest BCUT2D eigenvalue weighted by Gasteiger charge is 2.40. The third-order valence-electron chi connectivity index (χ3n) is 3.53. The Hall–Kier alpha value is -0.690. The summed E-state index contributed by atoms with van der Waals surface area (Å²) in [5, 5.41) is 6.79. The topological polar surface area (TPSA) is 63.2 Å². The Bertz CT molecular complexity index is 445. The smallest absolute Gasteiger partial charge is 0.258 e. The molecule has 2 heterocycles. The number of halogens is 1. The molecule has 1 aliphatic heterocycles. The molecule has 1 amide bonds. The number of aromatic nitrogens is 1. The van der Waals surface area contributed by atoms with Crippen LogP contribution in [-0.2, 0) is 9.53 Å². The van der Waals surface area contributed by atoms with Crippen LogP contribution in [0, 0.1) is 0 Å². The molecular weight excluding hydrogens is 298 g/mol. The highest BCUT2D eigenvalue weighted by Crippen LogP contribution is 2.28. The minimum atomic E-state index is -0.713. The standard InChI is InChI=1S/C13H21N3O2S.ClH/c1-9(2)10-8-15-12(19-10)16-11(17)13(18-3)4-6-14-7-5-13;/h8-9,14H,4-7H2,1-3H3,(H,15,16,17);1H. The van der Waals surface area contributed by atoms with Crippen molar-refractivity contribution in [1.82, 2.24) is 10.3 Å². The molecule has 114 valence electrons. The molecule has 0 aromatic carbocycles. The maximum atomic E-state index is 12.4. The van der Waals surface area contributed by atoms with E-state index in [-0.39, 0.29) is 18.3 Å². The number of thiazole rings is 1. The zero-order valence-electron chi connectivity index (χ0n) is 12.1. The molecule has 2 N–H and O–H groups in total. The first-order valence-electron chi connectivity index (χ1n) is 6.60. The van der Waals surface area contributed by atoms with Gasteiger partial charge in [0.1, 0.15) is 5.60 Å². The quantitative estimate of drug-likeness (QED) is 0.894. The van der Waals surface area contributed by atoms with Crippen molar-refractivity contribution in [3.63, 3.8) is 0 Å². The summed E-state index contributed by atoms with van der Waals surface area (Å²) in [6.45, 7) is 5.83. The molecule has 2 rings (SSSR count). The molecule has 0 saturated carbocycles. The lowest BCUT2D eigenvalue weighted by molar-refractivity contribution is -0.140. The maximum absolute atomic E-state index is 12.4. The molecule has 0 spiro atoms. The second kappa shape index (κ2) is 7.36. The average Bonchev–Trinajstić information content (AvgIpc) is 2.88. The van der Waals surface area contributed by atoms with Crippen LogP contribution in [0.3, 0.4) is 0 Å². The molecule has 0 aliphatic carbocycles. The Morgan fingerprint density at radius 1 is 1.50 bits per heavy atom. The molecule has 1 aliphatic rings. The highest BCUT2D eigenvalue weighted by molar-refractivity contribution is 7.15. The monoisotopic (exact) mass is 319 g/mol. The van der Waals surface area contributed by atoms with E-state index in [1.807, 2.05) is 6.20 Å². The van der Waals surface area contributed by atoms with Gasteiger partial charge in [-0.3, -0.25) is 10.1 Å². The van der Waals surface area contributed by atoms with Crippen LogP contribution < -0.4 is 10.6 Å². The van der Waals surface area contributed by atoms with Gasteiger partial charge >= 0.3 is 0 Å². The second-order valence-corrected chi connectivity index (χ2v) is 6.19. The van der Waals surface area contributed by atoms with E-state index in [4.69, 9.17) is 4.74 Å². The average molecular weight is 320 g/mol. The first kappa shape index (κ1) is 17.4. The van der Waals surface area contributed by atoms with Crippen molar-refractivity contribution in [2.45, 2.75) is 38.2 Å². The van der Waals surface area contributed by atoms with Gasteiger partial charge in [0, 0.05) is 18.2 Å². The zero-order chi connectivity index (χ0) is 13.9. The Balaban J connectivity index is 0.00000200. The minimum Gasteiger partial charge on any atom is -0.368 e. The van der Waals surface area contributed by atoms with Gasteiger partial charge in [-0.1, -0.05) is 13.8 Å². The maximum Gasteiger partial charge on any atom is 0.258 e. The van der Waals surface area contributed by atoms with E-state index in [1.165, 1.54) is 16.2 Å². The van der Waals surface area contributed by atoms with Crippen molar-refractivity contribution in [3.05, 3.63) is 11.1 Å². The van der Waals surface area contributed by atoms with Crippen molar-refractivity contribution < 1.29 is 9.53 Å². The van der Waals surface area contributed by atoms with Gasteiger partial charge in [-0.2, -0.15) is 0 Å². The summed E-state index contributed by atoms with van der Waals surface area (Å²) in [5.74, 6) is 0.347. The predicted molar refractivity (Wildman–Crippen MR) is 83.9 cm³/mol. The first-order chi connectivity index (χ1) is 9.07. The summed E-state index contributed by atoms with van der Waals surface area (Å²) >= 11 is 1.53. The van der Waals surface area contributed by atoms with Crippen LogP contribution in [0.1, 0.15) is 37.5 Å². The van der Waals surface area contributed by atoms with Crippen LogP contribution in [0.4, 0.5) is 5.13 Å². The van der Waals surface area contributed by atoms with Gasteiger partial charge in [0.05, 0.1) is 0 Å². The van der Waals surface area contributed by atoms with Crippen LogP contribution in [0.2, 0.25) is 0 Å². The summed E-state index contributed by atoms with van der Waals surface area (Å²) in [5.41, 5.74) is -0.713. The number of piperidine rings is 1. The van der Waals surface area contributed by atoms with Gasteiger partial charge in [-0.25, -0.2) is 4.98 Å². The number of carbonyl (C=O) groups excluding carboxylic acids is 1. The van der Waals surface area contributed by atoms with E-state index in [0.29, 0.717) is 23.9 Å². The highest BCUT2D eigenvalue weighted by atomic mass is 35.5. The second-order valence-electron chi connectivity index (χ2n) is 5.13. The number of hydrogen-bond acceptors (Lipinski definition) is 5. The van der Waals surface area contributed by atoms with E-state index in [2.05, 4.69) is 29.5 Å². The first-order valence-corrected chi connectivity index (χ1v) is 7.42. The van der Waals surface area contributed by atoms with E-state index >= 15 is 0 Å². The third kappa shape index (κ3) is 3.69. The van der Waals surface area contributed by atoms with Gasteiger partial charge in [0.25, 0.3) is 5.91 Å². The molecule has 1 saturated heterocycles. The Morgan fingerprint density at radius 3 is 2.65 bits per heavy atom. The summed E-state index contributed by atoms with van der Waals surface area (Å²) in [6.07, 6.45) is 3.21. The van der Waals surface area contributed by atoms with Crippen LogP contribution in [0.25, 0.3) is 0 Å². The number of nitrogens with one attached hydrogen (secondary N) is 2. The molecule has 1 fully saturated rings. The lowest BCUT2D eigenvalue weighted by atomic mass is 9.91. The van der Waals surface area contributed by atoms with Gasteiger partial charge in [0.15, 0.2) is 5.13 Å². The Kier molecular flexibility index (Phi) is 6.39. The minimum absolute atomic E-state index is 0.